The summed E-state index contributed by atoms with van der Waals surface area (Å²) in [5.74, 6) is -1.44. The highest BCUT2D eigenvalue weighted by atomic mass is 16.5. The summed E-state index contributed by atoms with van der Waals surface area (Å²) in [6, 6.07) is 5.77. The van der Waals surface area contributed by atoms with Gasteiger partial charge in [0, 0.05) is 24.7 Å². The van der Waals surface area contributed by atoms with E-state index in [9.17, 15) is 14.4 Å². The molecule has 0 unspecified atom stereocenters. The largest absolute Gasteiger partial charge is 0.469 e. The molecule has 0 bridgehead atoms. The Hall–Kier alpha value is -4.55. The van der Waals surface area contributed by atoms with Crippen molar-refractivity contribution < 1.29 is 23.9 Å². The van der Waals surface area contributed by atoms with Crippen molar-refractivity contribution in [3.05, 3.63) is 41.7 Å². The van der Waals surface area contributed by atoms with E-state index in [0.29, 0.717) is 29.0 Å². The maximum atomic E-state index is 12.6. The predicted octanol–water partition coefficient (Wildman–Crippen LogP) is 0.445. The lowest BCUT2D eigenvalue weighted by Gasteiger charge is -2.20. The van der Waals surface area contributed by atoms with Crippen molar-refractivity contribution >= 4 is 46.5 Å². The molecule has 2 heterocycles. The second-order valence-electron chi connectivity index (χ2n) is 7.57. The first-order valence-electron chi connectivity index (χ1n) is 10.5. The van der Waals surface area contributed by atoms with Crippen molar-refractivity contribution in [2.24, 2.45) is 0 Å². The van der Waals surface area contributed by atoms with E-state index in [4.69, 9.17) is 16.2 Å². The van der Waals surface area contributed by atoms with Crippen LogP contribution in [0.2, 0.25) is 0 Å². The van der Waals surface area contributed by atoms with E-state index in [2.05, 4.69) is 30.0 Å². The number of nitrogens with zero attached hydrogens (tertiary/aromatic N) is 5. The minimum atomic E-state index is -0.979. The molecule has 0 aliphatic heterocycles. The number of nitrogens with one attached hydrogen (secondary N) is 1. The van der Waals surface area contributed by atoms with Gasteiger partial charge in [0.25, 0.3) is 5.91 Å². The van der Waals surface area contributed by atoms with Gasteiger partial charge < -0.3 is 31.2 Å². The lowest BCUT2D eigenvalue weighted by molar-refractivity contribution is -0.144. The fraction of sp³-hybridized carbons (Fsp3) is 0.318. The molecular weight excluding hydrogens is 456 g/mol. The standard InChI is InChI=1S/C22H26N8O5/c1-30(11-13-10-25-19-17(26-13)18(23)28-22(24)29-19)14-6-4-12(5-7-14)20(32)27-15(21(33)35-3)8-9-16(31)34-2/h4-7,10,15H,8-9,11H2,1-3H3,(H,27,32)(H4,23,24,25,28,29)/t15-/m0/s1. The summed E-state index contributed by atoms with van der Waals surface area (Å²) >= 11 is 0. The third-order valence-corrected chi connectivity index (χ3v) is 5.13. The number of benzene rings is 1. The van der Waals surface area contributed by atoms with Crippen LogP contribution in [0.15, 0.2) is 30.5 Å². The highest BCUT2D eigenvalue weighted by molar-refractivity contribution is 5.97. The third kappa shape index (κ3) is 6.28. The summed E-state index contributed by atoms with van der Waals surface area (Å²) in [6.45, 7) is 0.399. The highest BCUT2D eigenvalue weighted by Gasteiger charge is 2.23. The molecular formula is C22H26N8O5. The molecule has 35 heavy (non-hydrogen) atoms. The van der Waals surface area contributed by atoms with Gasteiger partial charge in [0.05, 0.1) is 32.7 Å². The minimum Gasteiger partial charge on any atom is -0.469 e. The van der Waals surface area contributed by atoms with Gasteiger partial charge in [-0.05, 0) is 30.7 Å². The van der Waals surface area contributed by atoms with Gasteiger partial charge in [-0.3, -0.25) is 9.59 Å². The molecule has 13 nitrogen and oxygen atoms in total. The summed E-state index contributed by atoms with van der Waals surface area (Å²) in [7, 11) is 4.31. The number of rotatable bonds is 9. The van der Waals surface area contributed by atoms with E-state index >= 15 is 0 Å². The Bertz CT molecular complexity index is 1230. The number of hydrogen-bond acceptors (Lipinski definition) is 12. The summed E-state index contributed by atoms with van der Waals surface area (Å²) in [4.78, 5) is 54.6. The predicted molar refractivity (Wildman–Crippen MR) is 127 cm³/mol. The SMILES string of the molecule is COC(=O)CC[C@H](NC(=O)c1ccc(N(C)Cc2cnc3nc(N)nc(N)c3n2)cc1)C(=O)OC. The Morgan fingerprint density at radius 2 is 1.77 bits per heavy atom. The van der Waals surface area contributed by atoms with Gasteiger partial charge in [0.1, 0.15) is 6.04 Å². The van der Waals surface area contributed by atoms with Gasteiger partial charge in [-0.15, -0.1) is 0 Å². The molecule has 0 spiro atoms. The monoisotopic (exact) mass is 482 g/mol. The van der Waals surface area contributed by atoms with Crippen LogP contribution in [-0.4, -0.2) is 65.1 Å². The molecule has 184 valence electrons. The fourth-order valence-electron chi connectivity index (χ4n) is 3.26. The number of esters is 2. The second-order valence-corrected chi connectivity index (χ2v) is 7.57. The molecule has 0 aliphatic carbocycles. The fourth-order valence-corrected chi connectivity index (χ4v) is 3.26. The number of amides is 1. The molecule has 1 amide bonds. The number of ether oxygens (including phenoxy) is 2. The molecule has 1 aromatic carbocycles. The van der Waals surface area contributed by atoms with E-state index in [-0.39, 0.29) is 24.6 Å². The van der Waals surface area contributed by atoms with Crippen molar-refractivity contribution in [2.75, 3.05) is 37.6 Å². The highest BCUT2D eigenvalue weighted by Crippen LogP contribution is 2.19. The van der Waals surface area contributed by atoms with Gasteiger partial charge in [0.15, 0.2) is 17.0 Å². The summed E-state index contributed by atoms with van der Waals surface area (Å²) in [5, 5.41) is 2.59. The first-order chi connectivity index (χ1) is 16.7. The molecule has 3 rings (SSSR count). The van der Waals surface area contributed by atoms with E-state index < -0.39 is 23.9 Å². The number of methoxy groups -OCH3 is 2. The first kappa shape index (κ1) is 25.1. The number of nitrogens with two attached hydrogens (primary N) is 2. The minimum absolute atomic E-state index is 0.0275. The Labute approximate surface area is 200 Å². The molecule has 0 saturated carbocycles. The van der Waals surface area contributed by atoms with Crippen LogP contribution < -0.4 is 21.7 Å². The van der Waals surface area contributed by atoms with E-state index in [0.717, 1.165) is 5.69 Å². The smallest absolute Gasteiger partial charge is 0.328 e. The molecule has 0 radical (unpaired) electrons. The van der Waals surface area contributed by atoms with Crippen LogP contribution in [0.1, 0.15) is 28.9 Å². The lowest BCUT2D eigenvalue weighted by atomic mass is 10.1. The van der Waals surface area contributed by atoms with Crippen LogP contribution in [0.3, 0.4) is 0 Å². The van der Waals surface area contributed by atoms with Crippen LogP contribution >= 0.6 is 0 Å². The summed E-state index contributed by atoms with van der Waals surface area (Å²) in [6.07, 6.45) is 1.59. The Balaban J connectivity index is 1.67. The van der Waals surface area contributed by atoms with Crippen LogP contribution in [0.25, 0.3) is 11.2 Å². The van der Waals surface area contributed by atoms with Crippen LogP contribution in [0.5, 0.6) is 0 Å². The zero-order chi connectivity index (χ0) is 25.5. The van der Waals surface area contributed by atoms with E-state index in [1.165, 1.54) is 14.2 Å². The maximum absolute atomic E-state index is 12.6. The number of aromatic nitrogens is 4. The summed E-state index contributed by atoms with van der Waals surface area (Å²) in [5.41, 5.74) is 13.9. The van der Waals surface area contributed by atoms with Crippen molar-refractivity contribution in [1.82, 2.24) is 25.3 Å². The lowest BCUT2D eigenvalue weighted by Crippen LogP contribution is -2.41. The number of nitrogen functional groups attached to an aromatic ring is 2. The Kier molecular flexibility index (Phi) is 7.92. The van der Waals surface area contributed by atoms with Gasteiger partial charge in [0.2, 0.25) is 5.95 Å². The normalized spacial score (nSPS) is 11.5. The Morgan fingerprint density at radius 3 is 2.43 bits per heavy atom. The first-order valence-corrected chi connectivity index (χ1v) is 10.5. The van der Waals surface area contributed by atoms with Crippen molar-refractivity contribution in [2.45, 2.75) is 25.4 Å². The van der Waals surface area contributed by atoms with Gasteiger partial charge in [-0.1, -0.05) is 0 Å². The van der Waals surface area contributed by atoms with Crippen molar-refractivity contribution in [3.8, 4) is 0 Å². The van der Waals surface area contributed by atoms with Gasteiger partial charge in [-0.25, -0.2) is 14.8 Å². The molecule has 13 heteroatoms. The number of carbonyl (C=O) groups is 3. The van der Waals surface area contributed by atoms with Gasteiger partial charge in [-0.2, -0.15) is 9.97 Å². The van der Waals surface area contributed by atoms with Gasteiger partial charge >= 0.3 is 11.9 Å². The average Bonchev–Trinajstić information content (AvgIpc) is 2.86. The Morgan fingerprint density at radius 1 is 1.06 bits per heavy atom. The maximum Gasteiger partial charge on any atom is 0.328 e. The summed E-state index contributed by atoms with van der Waals surface area (Å²) < 4.78 is 9.30. The molecule has 3 aromatic rings. The van der Waals surface area contributed by atoms with Crippen LogP contribution in [0, 0.1) is 0 Å². The van der Waals surface area contributed by atoms with Crippen LogP contribution in [-0.2, 0) is 25.6 Å². The molecule has 2 aromatic heterocycles. The average molecular weight is 483 g/mol. The quantitative estimate of drug-likeness (QED) is 0.358. The second kappa shape index (κ2) is 11.0. The number of hydrogen-bond donors (Lipinski definition) is 3. The molecule has 0 aliphatic rings. The zero-order valence-electron chi connectivity index (χ0n) is 19.5. The molecule has 1 atom stereocenters. The third-order valence-electron chi connectivity index (χ3n) is 5.13. The molecule has 0 saturated heterocycles. The zero-order valence-corrected chi connectivity index (χ0v) is 19.5. The topological polar surface area (TPSA) is 189 Å². The number of carbonyl (C=O) groups excluding carboxylic acids is 3. The van der Waals surface area contributed by atoms with Crippen molar-refractivity contribution in [3.63, 3.8) is 0 Å². The van der Waals surface area contributed by atoms with E-state index in [1.54, 1.807) is 30.5 Å². The van der Waals surface area contributed by atoms with E-state index in [1.807, 2.05) is 11.9 Å². The number of fused-ring (bicyclic) bond motifs is 1. The number of anilines is 3. The van der Waals surface area contributed by atoms with Crippen LogP contribution in [0.4, 0.5) is 17.5 Å². The molecule has 5 N–H and O–H groups in total. The molecule has 0 fully saturated rings. The van der Waals surface area contributed by atoms with Crippen molar-refractivity contribution in [1.29, 1.82) is 0 Å².